The molecule has 0 spiro atoms. The van der Waals surface area contributed by atoms with E-state index in [1.165, 1.54) is 0 Å². The van der Waals surface area contributed by atoms with Crippen LogP contribution in [0, 0.1) is 0 Å². The fourth-order valence-electron chi connectivity index (χ4n) is 2.80. The van der Waals surface area contributed by atoms with E-state index in [-0.39, 0.29) is 30.0 Å². The van der Waals surface area contributed by atoms with Gasteiger partial charge in [-0.05, 0) is 12.8 Å². The quantitative estimate of drug-likeness (QED) is 0.698. The van der Waals surface area contributed by atoms with Crippen molar-refractivity contribution in [2.24, 2.45) is 0 Å². The maximum absolute atomic E-state index is 12.0. The largest absolute Gasteiger partial charge is 0.480 e. The Kier molecular flexibility index (Phi) is 3.82. The molecule has 2 aliphatic heterocycles. The Balaban J connectivity index is 2.17. The molecular formula is C11H18N2O5S. The SMILES string of the molecule is CN1CCC(N(CC(=O)O)C2CCS(=O)(=O)C2)C1=O. The second kappa shape index (κ2) is 5.09. The second-order valence-corrected chi connectivity index (χ2v) is 7.42. The molecule has 0 aliphatic carbocycles. The molecule has 2 saturated heterocycles. The lowest BCUT2D eigenvalue weighted by Gasteiger charge is -2.30. The van der Waals surface area contributed by atoms with Gasteiger partial charge in [0.15, 0.2) is 9.84 Å². The molecule has 0 radical (unpaired) electrons. The first-order chi connectivity index (χ1) is 8.80. The summed E-state index contributed by atoms with van der Waals surface area (Å²) in [5.41, 5.74) is 0. The molecule has 2 atom stereocenters. The highest BCUT2D eigenvalue weighted by Gasteiger charge is 2.42. The third-order valence-electron chi connectivity index (χ3n) is 3.79. The summed E-state index contributed by atoms with van der Waals surface area (Å²) in [6, 6.07) is -0.860. The van der Waals surface area contributed by atoms with Gasteiger partial charge in [-0.3, -0.25) is 14.5 Å². The normalized spacial score (nSPS) is 30.2. The number of hydrogen-bond acceptors (Lipinski definition) is 5. The molecule has 2 heterocycles. The maximum Gasteiger partial charge on any atom is 0.317 e. The molecule has 1 amide bonds. The Morgan fingerprint density at radius 3 is 2.58 bits per heavy atom. The van der Waals surface area contributed by atoms with Gasteiger partial charge in [-0.25, -0.2) is 8.42 Å². The Hall–Kier alpha value is -1.15. The van der Waals surface area contributed by atoms with E-state index < -0.39 is 21.8 Å². The number of hydrogen-bond donors (Lipinski definition) is 1. The predicted octanol–water partition coefficient (Wildman–Crippen LogP) is -1.21. The zero-order valence-corrected chi connectivity index (χ0v) is 11.6. The van der Waals surface area contributed by atoms with E-state index in [4.69, 9.17) is 5.11 Å². The summed E-state index contributed by atoms with van der Waals surface area (Å²) in [7, 11) is -1.42. The first kappa shape index (κ1) is 14.3. The molecule has 108 valence electrons. The van der Waals surface area contributed by atoms with Crippen LogP contribution in [-0.4, -0.2) is 78.9 Å². The molecule has 2 aliphatic rings. The monoisotopic (exact) mass is 290 g/mol. The van der Waals surface area contributed by atoms with Gasteiger partial charge in [0.2, 0.25) is 5.91 Å². The van der Waals surface area contributed by atoms with Crippen molar-refractivity contribution in [1.82, 2.24) is 9.80 Å². The Morgan fingerprint density at radius 2 is 2.16 bits per heavy atom. The van der Waals surface area contributed by atoms with Crippen LogP contribution >= 0.6 is 0 Å². The van der Waals surface area contributed by atoms with Crippen LogP contribution in [0.25, 0.3) is 0 Å². The summed E-state index contributed by atoms with van der Waals surface area (Å²) >= 11 is 0. The van der Waals surface area contributed by atoms with Gasteiger partial charge in [0.25, 0.3) is 0 Å². The minimum atomic E-state index is -3.10. The molecule has 2 rings (SSSR count). The molecule has 8 heteroatoms. The van der Waals surface area contributed by atoms with Crippen LogP contribution in [0.2, 0.25) is 0 Å². The van der Waals surface area contributed by atoms with Gasteiger partial charge in [0.1, 0.15) is 0 Å². The molecule has 0 aromatic rings. The minimum Gasteiger partial charge on any atom is -0.480 e. The van der Waals surface area contributed by atoms with E-state index in [9.17, 15) is 18.0 Å². The molecule has 0 aromatic carbocycles. The number of likely N-dealkylation sites (N-methyl/N-ethyl adjacent to an activating group) is 1. The smallest absolute Gasteiger partial charge is 0.317 e. The number of carbonyl (C=O) groups is 2. The summed E-state index contributed by atoms with van der Waals surface area (Å²) in [4.78, 5) is 26.1. The highest BCUT2D eigenvalue weighted by atomic mass is 32.2. The van der Waals surface area contributed by atoms with Gasteiger partial charge in [-0.15, -0.1) is 0 Å². The van der Waals surface area contributed by atoms with Crippen LogP contribution in [-0.2, 0) is 19.4 Å². The van der Waals surface area contributed by atoms with Crippen molar-refractivity contribution in [3.05, 3.63) is 0 Å². The average molecular weight is 290 g/mol. The molecule has 0 saturated carbocycles. The fourth-order valence-corrected chi connectivity index (χ4v) is 4.54. The minimum absolute atomic E-state index is 0.0478. The Morgan fingerprint density at radius 1 is 1.47 bits per heavy atom. The lowest BCUT2D eigenvalue weighted by molar-refractivity contribution is -0.141. The van der Waals surface area contributed by atoms with E-state index in [0.717, 1.165) is 0 Å². The number of aliphatic carboxylic acids is 1. The maximum atomic E-state index is 12.0. The molecule has 0 bridgehead atoms. The van der Waals surface area contributed by atoms with E-state index in [1.807, 2.05) is 0 Å². The molecule has 1 N–H and O–H groups in total. The van der Waals surface area contributed by atoms with Crippen LogP contribution < -0.4 is 0 Å². The van der Waals surface area contributed by atoms with Gasteiger partial charge in [0, 0.05) is 19.6 Å². The highest BCUT2D eigenvalue weighted by Crippen LogP contribution is 2.24. The Bertz CT molecular complexity index is 489. The van der Waals surface area contributed by atoms with E-state index in [2.05, 4.69) is 0 Å². The highest BCUT2D eigenvalue weighted by molar-refractivity contribution is 7.91. The van der Waals surface area contributed by atoms with Crippen molar-refractivity contribution >= 4 is 21.7 Å². The lowest BCUT2D eigenvalue weighted by atomic mass is 10.1. The number of nitrogens with zero attached hydrogens (tertiary/aromatic N) is 2. The van der Waals surface area contributed by atoms with E-state index in [1.54, 1.807) is 16.8 Å². The predicted molar refractivity (Wildman–Crippen MR) is 67.4 cm³/mol. The van der Waals surface area contributed by atoms with Crippen LogP contribution in [0.1, 0.15) is 12.8 Å². The first-order valence-electron chi connectivity index (χ1n) is 6.23. The number of carboxylic acid groups (broad SMARTS) is 1. The summed E-state index contributed by atoms with van der Waals surface area (Å²) in [5, 5.41) is 8.97. The number of carbonyl (C=O) groups excluding carboxylic acids is 1. The number of carboxylic acids is 1. The number of likely N-dealkylation sites (tertiary alicyclic amines) is 1. The summed E-state index contributed by atoms with van der Waals surface area (Å²) in [6.45, 7) is 0.295. The van der Waals surface area contributed by atoms with Crippen molar-refractivity contribution in [3.8, 4) is 0 Å². The number of amides is 1. The molecule has 2 fully saturated rings. The zero-order chi connectivity index (χ0) is 14.2. The van der Waals surface area contributed by atoms with Crippen LogP contribution in [0.3, 0.4) is 0 Å². The first-order valence-corrected chi connectivity index (χ1v) is 8.05. The van der Waals surface area contributed by atoms with Crippen molar-refractivity contribution in [2.75, 3.05) is 31.6 Å². The van der Waals surface area contributed by atoms with Crippen LogP contribution in [0.5, 0.6) is 0 Å². The molecule has 2 unspecified atom stereocenters. The Labute approximate surface area is 112 Å². The van der Waals surface area contributed by atoms with Crippen molar-refractivity contribution in [3.63, 3.8) is 0 Å². The van der Waals surface area contributed by atoms with Crippen LogP contribution in [0.4, 0.5) is 0 Å². The standard InChI is InChI=1S/C11H18N2O5S/c1-12-4-2-9(11(12)16)13(6-10(14)15)8-3-5-19(17,18)7-8/h8-9H,2-7H2,1H3,(H,14,15). The molecule has 19 heavy (non-hydrogen) atoms. The molecule has 7 nitrogen and oxygen atoms in total. The van der Waals surface area contributed by atoms with Gasteiger partial charge >= 0.3 is 5.97 Å². The van der Waals surface area contributed by atoms with E-state index >= 15 is 0 Å². The van der Waals surface area contributed by atoms with Gasteiger partial charge in [-0.2, -0.15) is 0 Å². The van der Waals surface area contributed by atoms with Gasteiger partial charge < -0.3 is 10.0 Å². The number of rotatable bonds is 4. The van der Waals surface area contributed by atoms with Gasteiger partial charge in [0.05, 0.1) is 24.1 Å². The van der Waals surface area contributed by atoms with Crippen molar-refractivity contribution < 1.29 is 23.1 Å². The van der Waals surface area contributed by atoms with E-state index in [0.29, 0.717) is 19.4 Å². The van der Waals surface area contributed by atoms with Crippen molar-refractivity contribution in [2.45, 2.75) is 24.9 Å². The average Bonchev–Trinajstić information content (AvgIpc) is 2.81. The third kappa shape index (κ3) is 3.06. The molecular weight excluding hydrogens is 272 g/mol. The number of sulfone groups is 1. The molecule has 0 aromatic heterocycles. The third-order valence-corrected chi connectivity index (χ3v) is 5.55. The summed E-state index contributed by atoms with van der Waals surface area (Å²) in [6.07, 6.45) is 0.961. The van der Waals surface area contributed by atoms with Gasteiger partial charge in [-0.1, -0.05) is 0 Å². The topological polar surface area (TPSA) is 95.0 Å². The summed E-state index contributed by atoms with van der Waals surface area (Å²) < 4.78 is 23.0. The fraction of sp³-hybridized carbons (Fsp3) is 0.818. The van der Waals surface area contributed by atoms with Crippen molar-refractivity contribution in [1.29, 1.82) is 0 Å². The van der Waals surface area contributed by atoms with Crippen LogP contribution in [0.15, 0.2) is 0 Å². The lowest BCUT2D eigenvalue weighted by Crippen LogP contribution is -2.49. The zero-order valence-electron chi connectivity index (χ0n) is 10.8. The summed E-state index contributed by atoms with van der Waals surface area (Å²) in [5.74, 6) is -1.13. The second-order valence-electron chi connectivity index (χ2n) is 5.19.